The van der Waals surface area contributed by atoms with Crippen molar-refractivity contribution in [2.24, 2.45) is 0 Å². The van der Waals surface area contributed by atoms with Gasteiger partial charge in [-0.3, -0.25) is 14.5 Å². The quantitative estimate of drug-likeness (QED) is 0.432. The van der Waals surface area contributed by atoms with E-state index in [1.165, 1.54) is 29.6 Å². The number of ketones is 1. The van der Waals surface area contributed by atoms with E-state index in [4.69, 9.17) is 13.6 Å². The number of amides is 1. The van der Waals surface area contributed by atoms with E-state index < -0.39 is 23.5 Å². The number of aliphatic hydroxyl groups is 1. The number of aliphatic hydroxyl groups excluding tert-OH is 1. The summed E-state index contributed by atoms with van der Waals surface area (Å²) in [6, 6.07) is 9.15. The van der Waals surface area contributed by atoms with Crippen molar-refractivity contribution in [1.82, 2.24) is 4.98 Å². The number of methoxy groups -OCH3 is 1. The van der Waals surface area contributed by atoms with E-state index in [0.29, 0.717) is 27.6 Å². The van der Waals surface area contributed by atoms with Gasteiger partial charge < -0.3 is 18.7 Å². The Morgan fingerprint density at radius 2 is 2.06 bits per heavy atom. The number of aromatic nitrogens is 1. The fourth-order valence-corrected chi connectivity index (χ4v) is 4.69. The molecule has 5 rings (SSSR count). The van der Waals surface area contributed by atoms with Crippen LogP contribution in [0, 0.1) is 13.8 Å². The number of thiazole rings is 1. The van der Waals surface area contributed by atoms with Crippen LogP contribution in [0.4, 0.5) is 5.13 Å². The molecule has 1 N–H and O–H groups in total. The highest BCUT2D eigenvalue weighted by molar-refractivity contribution is 7.15. The van der Waals surface area contributed by atoms with E-state index in [1.54, 1.807) is 36.4 Å². The zero-order chi connectivity index (χ0) is 22.6. The molecule has 0 fully saturated rings. The second-order valence-electron chi connectivity index (χ2n) is 7.31. The Morgan fingerprint density at radius 3 is 2.72 bits per heavy atom. The predicted octanol–water partition coefficient (Wildman–Crippen LogP) is 4.89. The summed E-state index contributed by atoms with van der Waals surface area (Å²) in [4.78, 5) is 33.3. The van der Waals surface area contributed by atoms with Crippen LogP contribution in [0.1, 0.15) is 32.9 Å². The van der Waals surface area contributed by atoms with Crippen molar-refractivity contribution in [2.45, 2.75) is 19.9 Å². The molecule has 9 heteroatoms. The molecular weight excluding hydrogens is 432 g/mol. The molecule has 1 amide bonds. The Kier molecular flexibility index (Phi) is 4.63. The summed E-state index contributed by atoms with van der Waals surface area (Å²) in [5.74, 6) is -1.23. The van der Waals surface area contributed by atoms with Crippen molar-refractivity contribution in [3.63, 3.8) is 0 Å². The third-order valence-electron chi connectivity index (χ3n) is 5.44. The number of rotatable bonds is 5. The number of carbonyl (C=O) groups excluding carboxylic acids is 2. The molecule has 0 radical (unpaired) electrons. The van der Waals surface area contributed by atoms with Gasteiger partial charge in [-0.15, -0.1) is 11.3 Å². The van der Waals surface area contributed by atoms with Crippen LogP contribution in [0.5, 0.6) is 5.75 Å². The summed E-state index contributed by atoms with van der Waals surface area (Å²) in [6.45, 7) is 3.72. The molecule has 4 aromatic rings. The van der Waals surface area contributed by atoms with Gasteiger partial charge in [0.15, 0.2) is 28.0 Å². The van der Waals surface area contributed by atoms with Gasteiger partial charge in [0.05, 0.1) is 24.6 Å². The number of para-hydroxylation sites is 1. The maximum Gasteiger partial charge on any atom is 0.296 e. The lowest BCUT2D eigenvalue weighted by atomic mass is 10.00. The highest BCUT2D eigenvalue weighted by Gasteiger charge is 2.48. The second kappa shape index (κ2) is 7.38. The number of aryl methyl sites for hydroxylation is 2. The number of hydrogen-bond acceptors (Lipinski definition) is 8. The number of hydrogen-bond donors (Lipinski definition) is 1. The van der Waals surface area contributed by atoms with Gasteiger partial charge in [-0.25, -0.2) is 4.98 Å². The van der Waals surface area contributed by atoms with E-state index >= 15 is 0 Å². The van der Waals surface area contributed by atoms with Gasteiger partial charge in [-0.1, -0.05) is 12.1 Å². The highest BCUT2D eigenvalue weighted by atomic mass is 32.1. The largest absolute Gasteiger partial charge is 0.503 e. The standard InChI is InChI=1S/C23H18N2O6S/c1-11-12(2)32-23(24-11)25-18(14-8-5-9-30-14)17(20(27)22(25)28)19(26)16-10-13-6-4-7-15(29-3)21(13)31-16/h4-10,18,27H,1-3H3. The molecule has 1 unspecified atom stereocenters. The van der Waals surface area contributed by atoms with Crippen LogP contribution in [-0.2, 0) is 4.79 Å². The minimum atomic E-state index is -0.981. The van der Waals surface area contributed by atoms with Gasteiger partial charge in [-0.2, -0.15) is 0 Å². The molecule has 8 nitrogen and oxygen atoms in total. The lowest BCUT2D eigenvalue weighted by Gasteiger charge is -2.21. The molecule has 3 aromatic heterocycles. The first-order valence-corrected chi connectivity index (χ1v) is 10.6. The monoisotopic (exact) mass is 450 g/mol. The van der Waals surface area contributed by atoms with Gasteiger partial charge in [-0.05, 0) is 38.1 Å². The van der Waals surface area contributed by atoms with Crippen LogP contribution in [0.25, 0.3) is 11.0 Å². The van der Waals surface area contributed by atoms with Crippen molar-refractivity contribution in [3.8, 4) is 5.75 Å². The fourth-order valence-electron chi connectivity index (χ4n) is 3.75. The zero-order valence-electron chi connectivity index (χ0n) is 17.4. The van der Waals surface area contributed by atoms with Crippen LogP contribution in [0.2, 0.25) is 0 Å². The molecule has 1 aromatic carbocycles. The van der Waals surface area contributed by atoms with E-state index in [0.717, 1.165) is 10.6 Å². The first kappa shape index (κ1) is 20.1. The van der Waals surface area contributed by atoms with Crippen LogP contribution in [0.3, 0.4) is 0 Å². The normalized spacial score (nSPS) is 16.4. The lowest BCUT2D eigenvalue weighted by Crippen LogP contribution is -2.30. The minimum Gasteiger partial charge on any atom is -0.503 e. The Hall–Kier alpha value is -3.85. The average Bonchev–Trinajstić information content (AvgIpc) is 3.55. The number of ether oxygens (including phenoxy) is 1. The van der Waals surface area contributed by atoms with E-state index in [-0.39, 0.29) is 11.3 Å². The van der Waals surface area contributed by atoms with Crippen molar-refractivity contribution in [2.75, 3.05) is 12.0 Å². The third kappa shape index (κ3) is 2.93. The summed E-state index contributed by atoms with van der Waals surface area (Å²) in [7, 11) is 1.51. The van der Waals surface area contributed by atoms with E-state index in [2.05, 4.69) is 4.98 Å². The van der Waals surface area contributed by atoms with Crippen LogP contribution in [0.15, 0.2) is 62.8 Å². The number of Topliss-reactive ketones (excluding diaryl/α,β-unsaturated/α-hetero) is 1. The Bertz CT molecular complexity index is 1380. The van der Waals surface area contributed by atoms with E-state index in [1.807, 2.05) is 13.8 Å². The smallest absolute Gasteiger partial charge is 0.296 e. The maximum atomic E-state index is 13.5. The first-order valence-electron chi connectivity index (χ1n) is 9.76. The van der Waals surface area contributed by atoms with Crippen molar-refractivity contribution < 1.29 is 28.3 Å². The molecule has 162 valence electrons. The minimum absolute atomic E-state index is 0.0243. The molecular formula is C23H18N2O6S. The van der Waals surface area contributed by atoms with Gasteiger partial charge in [0.1, 0.15) is 11.8 Å². The van der Waals surface area contributed by atoms with E-state index in [9.17, 15) is 14.7 Å². The predicted molar refractivity (Wildman–Crippen MR) is 117 cm³/mol. The molecule has 1 atom stereocenters. The third-order valence-corrected chi connectivity index (χ3v) is 6.51. The van der Waals surface area contributed by atoms with Gasteiger partial charge in [0.25, 0.3) is 5.91 Å². The molecule has 4 heterocycles. The number of fused-ring (bicyclic) bond motifs is 1. The molecule has 1 aliphatic rings. The SMILES string of the molecule is COc1cccc2cc(C(=O)C3=C(O)C(=O)N(c4nc(C)c(C)s4)C3c3ccco3)oc12. The number of carbonyl (C=O) groups is 2. The van der Waals surface area contributed by atoms with Gasteiger partial charge in [0, 0.05) is 10.3 Å². The summed E-state index contributed by atoms with van der Waals surface area (Å²) < 4.78 is 16.6. The van der Waals surface area contributed by atoms with Crippen LogP contribution < -0.4 is 9.64 Å². The summed E-state index contributed by atoms with van der Waals surface area (Å²) in [5.41, 5.74) is 1.04. The molecule has 0 bridgehead atoms. The number of anilines is 1. The number of furan rings is 2. The first-order chi connectivity index (χ1) is 15.4. The van der Waals surface area contributed by atoms with Crippen LogP contribution >= 0.6 is 11.3 Å². The van der Waals surface area contributed by atoms with Crippen molar-refractivity contribution in [3.05, 3.63) is 76.1 Å². The molecule has 0 spiro atoms. The summed E-state index contributed by atoms with van der Waals surface area (Å²) in [5, 5.41) is 11.8. The molecule has 0 saturated heterocycles. The zero-order valence-corrected chi connectivity index (χ0v) is 18.2. The Morgan fingerprint density at radius 1 is 1.25 bits per heavy atom. The fraction of sp³-hybridized carbons (Fsp3) is 0.174. The molecule has 0 saturated carbocycles. The molecule has 0 aliphatic carbocycles. The summed E-state index contributed by atoms with van der Waals surface area (Å²) in [6.07, 6.45) is 1.44. The van der Waals surface area contributed by atoms with Gasteiger partial charge in [0.2, 0.25) is 5.78 Å². The Labute approximate surface area is 186 Å². The highest BCUT2D eigenvalue weighted by Crippen LogP contribution is 2.44. The van der Waals surface area contributed by atoms with Crippen LogP contribution in [-0.4, -0.2) is 28.9 Å². The summed E-state index contributed by atoms with van der Waals surface area (Å²) >= 11 is 1.30. The molecule has 32 heavy (non-hydrogen) atoms. The maximum absolute atomic E-state index is 13.5. The lowest BCUT2D eigenvalue weighted by molar-refractivity contribution is -0.117. The number of benzene rings is 1. The van der Waals surface area contributed by atoms with Crippen molar-refractivity contribution >= 4 is 39.1 Å². The number of nitrogens with zero attached hydrogens (tertiary/aromatic N) is 2. The average molecular weight is 450 g/mol. The second-order valence-corrected chi connectivity index (χ2v) is 8.49. The van der Waals surface area contributed by atoms with Crippen molar-refractivity contribution in [1.29, 1.82) is 0 Å². The van der Waals surface area contributed by atoms with Gasteiger partial charge >= 0.3 is 0 Å². The Balaban J connectivity index is 1.64. The molecule has 1 aliphatic heterocycles. The topological polar surface area (TPSA) is 106 Å².